The van der Waals surface area contributed by atoms with Gasteiger partial charge in [-0.05, 0) is 18.1 Å². The highest BCUT2D eigenvalue weighted by molar-refractivity contribution is 5.76. The molecule has 3 rings (SSSR count). The molecule has 0 saturated heterocycles. The summed E-state index contributed by atoms with van der Waals surface area (Å²) in [6.07, 6.45) is 1.79. The quantitative estimate of drug-likeness (QED) is 0.800. The molecule has 0 aliphatic rings. The van der Waals surface area contributed by atoms with E-state index in [0.717, 1.165) is 16.8 Å². The summed E-state index contributed by atoms with van der Waals surface area (Å²) in [6, 6.07) is 18.1. The number of nitrogens with zero attached hydrogens (tertiary/aromatic N) is 2. The maximum atomic E-state index is 11.7. The van der Waals surface area contributed by atoms with Crippen LogP contribution in [0, 0.1) is 6.92 Å². The number of aliphatic carboxylic acids is 1. The fourth-order valence-electron chi connectivity index (χ4n) is 2.54. The molecule has 1 atom stereocenters. The van der Waals surface area contributed by atoms with Crippen molar-refractivity contribution in [3.8, 4) is 11.3 Å². The predicted molar refractivity (Wildman–Crippen MR) is 84.6 cm³/mol. The first-order valence-corrected chi connectivity index (χ1v) is 7.06. The van der Waals surface area contributed by atoms with Gasteiger partial charge in [0.25, 0.3) is 0 Å². The molecular weight excluding hydrogens is 276 g/mol. The van der Waals surface area contributed by atoms with E-state index in [2.05, 4.69) is 5.10 Å². The first-order chi connectivity index (χ1) is 10.7. The number of hydrogen-bond acceptors (Lipinski definition) is 2. The lowest BCUT2D eigenvalue weighted by Crippen LogP contribution is -2.20. The molecule has 0 aliphatic carbocycles. The molecule has 1 heterocycles. The summed E-state index contributed by atoms with van der Waals surface area (Å²) < 4.78 is 1.52. The molecule has 3 aromatic rings. The van der Waals surface area contributed by atoms with Gasteiger partial charge >= 0.3 is 5.97 Å². The minimum Gasteiger partial charge on any atom is -0.479 e. The van der Waals surface area contributed by atoms with Crippen LogP contribution in [0.1, 0.15) is 17.2 Å². The highest BCUT2D eigenvalue weighted by atomic mass is 16.4. The number of hydrogen-bond donors (Lipinski definition) is 1. The van der Waals surface area contributed by atoms with Crippen molar-refractivity contribution in [3.05, 3.63) is 78.0 Å². The Morgan fingerprint density at radius 3 is 2.23 bits per heavy atom. The summed E-state index contributed by atoms with van der Waals surface area (Å²) in [5, 5.41) is 14.1. The largest absolute Gasteiger partial charge is 0.479 e. The fraction of sp³-hybridized carbons (Fsp3) is 0.111. The van der Waals surface area contributed by atoms with Gasteiger partial charge in [0.2, 0.25) is 0 Å². The number of carbonyl (C=O) groups is 1. The van der Waals surface area contributed by atoms with E-state index in [-0.39, 0.29) is 0 Å². The number of benzene rings is 2. The van der Waals surface area contributed by atoms with Crippen molar-refractivity contribution in [2.45, 2.75) is 13.0 Å². The Morgan fingerprint density at radius 2 is 1.64 bits per heavy atom. The van der Waals surface area contributed by atoms with Gasteiger partial charge in [-0.1, -0.05) is 60.7 Å². The van der Waals surface area contributed by atoms with E-state index in [1.54, 1.807) is 18.3 Å². The van der Waals surface area contributed by atoms with Crippen LogP contribution in [0.15, 0.2) is 66.9 Å². The Morgan fingerprint density at radius 1 is 1.05 bits per heavy atom. The zero-order valence-corrected chi connectivity index (χ0v) is 12.2. The molecule has 0 spiro atoms. The van der Waals surface area contributed by atoms with E-state index in [9.17, 15) is 9.90 Å². The predicted octanol–water partition coefficient (Wildman–Crippen LogP) is 3.53. The van der Waals surface area contributed by atoms with Gasteiger partial charge in [0.1, 0.15) is 0 Å². The second-order valence-corrected chi connectivity index (χ2v) is 5.16. The van der Waals surface area contributed by atoms with Crippen LogP contribution in [0.2, 0.25) is 0 Å². The van der Waals surface area contributed by atoms with Gasteiger partial charge in [0.15, 0.2) is 6.04 Å². The summed E-state index contributed by atoms with van der Waals surface area (Å²) >= 11 is 0. The molecular formula is C18H16N2O2. The molecule has 1 unspecified atom stereocenters. The Kier molecular flexibility index (Phi) is 3.74. The molecule has 0 saturated carbocycles. The molecule has 1 aromatic heterocycles. The minimum absolute atomic E-state index is 0.706. The SMILES string of the molecule is Cc1cn(C(C(=O)O)c2ccccc2)nc1-c1ccccc1. The minimum atomic E-state index is -0.923. The molecule has 4 heteroatoms. The van der Waals surface area contributed by atoms with E-state index in [0.29, 0.717) is 5.56 Å². The van der Waals surface area contributed by atoms with Crippen LogP contribution in [0.4, 0.5) is 0 Å². The molecule has 0 amide bonds. The van der Waals surface area contributed by atoms with Crippen molar-refractivity contribution in [1.29, 1.82) is 0 Å². The van der Waals surface area contributed by atoms with Crippen molar-refractivity contribution in [2.24, 2.45) is 0 Å². The second kappa shape index (κ2) is 5.85. The van der Waals surface area contributed by atoms with E-state index < -0.39 is 12.0 Å². The molecule has 0 aliphatic heterocycles. The summed E-state index contributed by atoms with van der Waals surface area (Å²) in [6.45, 7) is 1.94. The Bertz CT molecular complexity index is 779. The number of carboxylic acids is 1. The maximum absolute atomic E-state index is 11.7. The lowest BCUT2D eigenvalue weighted by molar-refractivity contribution is -0.139. The van der Waals surface area contributed by atoms with Gasteiger partial charge < -0.3 is 5.11 Å². The molecule has 4 nitrogen and oxygen atoms in total. The van der Waals surface area contributed by atoms with E-state index >= 15 is 0 Å². The van der Waals surface area contributed by atoms with Crippen LogP contribution in [-0.2, 0) is 4.79 Å². The van der Waals surface area contributed by atoms with Crippen LogP contribution < -0.4 is 0 Å². The highest BCUT2D eigenvalue weighted by Gasteiger charge is 2.23. The van der Waals surface area contributed by atoms with Gasteiger partial charge in [-0.25, -0.2) is 4.79 Å². The van der Waals surface area contributed by atoms with Crippen molar-refractivity contribution >= 4 is 5.97 Å². The Balaban J connectivity index is 2.06. The average molecular weight is 292 g/mol. The zero-order chi connectivity index (χ0) is 15.5. The van der Waals surface area contributed by atoms with Crippen molar-refractivity contribution in [3.63, 3.8) is 0 Å². The Labute approximate surface area is 128 Å². The smallest absolute Gasteiger partial charge is 0.333 e. The fourth-order valence-corrected chi connectivity index (χ4v) is 2.54. The third-order valence-electron chi connectivity index (χ3n) is 3.58. The van der Waals surface area contributed by atoms with Gasteiger partial charge in [-0.2, -0.15) is 5.10 Å². The molecule has 110 valence electrons. The van der Waals surface area contributed by atoms with Gasteiger partial charge in [-0.3, -0.25) is 4.68 Å². The van der Waals surface area contributed by atoms with Crippen LogP contribution in [-0.4, -0.2) is 20.9 Å². The molecule has 22 heavy (non-hydrogen) atoms. The maximum Gasteiger partial charge on any atom is 0.333 e. The van der Waals surface area contributed by atoms with Crippen LogP contribution in [0.25, 0.3) is 11.3 Å². The van der Waals surface area contributed by atoms with Gasteiger partial charge in [0, 0.05) is 11.8 Å². The normalized spacial score (nSPS) is 12.0. The summed E-state index contributed by atoms with van der Waals surface area (Å²) in [5.41, 5.74) is 3.45. The number of rotatable bonds is 4. The van der Waals surface area contributed by atoms with Crippen molar-refractivity contribution < 1.29 is 9.90 Å². The highest BCUT2D eigenvalue weighted by Crippen LogP contribution is 2.25. The number of aromatic nitrogens is 2. The third-order valence-corrected chi connectivity index (χ3v) is 3.58. The molecule has 2 aromatic carbocycles. The van der Waals surface area contributed by atoms with Crippen molar-refractivity contribution in [1.82, 2.24) is 9.78 Å². The second-order valence-electron chi connectivity index (χ2n) is 5.16. The monoisotopic (exact) mass is 292 g/mol. The van der Waals surface area contributed by atoms with Crippen LogP contribution in [0.3, 0.4) is 0 Å². The molecule has 0 radical (unpaired) electrons. The average Bonchev–Trinajstić information content (AvgIpc) is 2.90. The summed E-state index contributed by atoms with van der Waals surface area (Å²) in [5.74, 6) is -0.923. The first-order valence-electron chi connectivity index (χ1n) is 7.06. The van der Waals surface area contributed by atoms with Gasteiger partial charge in [0.05, 0.1) is 5.69 Å². The van der Waals surface area contributed by atoms with Crippen molar-refractivity contribution in [2.75, 3.05) is 0 Å². The lowest BCUT2D eigenvalue weighted by Gasteiger charge is -2.13. The lowest BCUT2D eigenvalue weighted by atomic mass is 10.1. The molecule has 0 fully saturated rings. The van der Waals surface area contributed by atoms with E-state index in [4.69, 9.17) is 0 Å². The summed E-state index contributed by atoms with van der Waals surface area (Å²) in [7, 11) is 0. The third kappa shape index (κ3) is 2.63. The van der Waals surface area contributed by atoms with Gasteiger partial charge in [-0.15, -0.1) is 0 Å². The molecule has 1 N–H and O–H groups in total. The topological polar surface area (TPSA) is 55.1 Å². The van der Waals surface area contributed by atoms with E-state index in [1.165, 1.54) is 4.68 Å². The summed E-state index contributed by atoms with van der Waals surface area (Å²) in [4.78, 5) is 11.7. The number of aryl methyl sites for hydroxylation is 1. The Hall–Kier alpha value is -2.88. The first kappa shape index (κ1) is 14.1. The van der Waals surface area contributed by atoms with Crippen LogP contribution >= 0.6 is 0 Å². The zero-order valence-electron chi connectivity index (χ0n) is 12.2. The standard InChI is InChI=1S/C18H16N2O2/c1-13-12-20(19-16(13)14-8-4-2-5-9-14)17(18(21)22)15-10-6-3-7-11-15/h2-12,17H,1H3,(H,21,22). The van der Waals surface area contributed by atoms with Crippen LogP contribution in [0.5, 0.6) is 0 Å². The number of carboxylic acid groups (broad SMARTS) is 1. The van der Waals surface area contributed by atoms with E-state index in [1.807, 2.05) is 55.5 Å². The molecule has 0 bridgehead atoms.